The average Bonchev–Trinajstić information content (AvgIpc) is 1.27. The number of pyridine rings is 2. The SMILES string of the molecule is [2H]C([2H])([2H])C(C)([C@H](CC(=O)OC(C)(C)C)C(=O)N1C[C@H](Oc2ncc(OC)c3ccc(Cl)cc23)C[C@H]1C(=O)N[C@]1(C(=O)CS(=O)(=O)C2CC2)C[C@H]1C=C)C([2H])([2H])[2H].[2H]C([2H])([2H])C([C@H](CC(=O)OC(C)(C)C)C(=O)N1C[C@H](Oc2ncc(OC)c3ccc(Cl)cc23)C[C@H]1C(=O)N[C@]1(C(=O)CS(=O)(=O)C2CC2)C[C@H]1C=C)(C([2H])([2H])[2H])C([2H])([2H])[2H]. The van der Waals surface area contributed by atoms with Crippen molar-refractivity contribution in [3.05, 3.63) is 84.1 Å². The Kier molecular flexibility index (Phi) is 17.4. The van der Waals surface area contributed by atoms with Crippen LogP contribution in [-0.2, 0) is 67.5 Å². The minimum Gasteiger partial charge on any atom is -0.494 e. The first-order chi connectivity index (χ1) is 53.6. The molecule has 28 heteroatoms. The van der Waals surface area contributed by atoms with Crippen molar-refractivity contribution in [2.75, 3.05) is 38.8 Å². The lowest BCUT2D eigenvalue weighted by Gasteiger charge is -2.35. The maximum atomic E-state index is 15.1. The number of ether oxygens (including phenoxy) is 6. The van der Waals surface area contributed by atoms with E-state index in [2.05, 4.69) is 33.8 Å². The van der Waals surface area contributed by atoms with E-state index in [0.717, 1.165) is 16.7 Å². The van der Waals surface area contributed by atoms with Gasteiger partial charge in [0.05, 0.1) is 74.9 Å². The van der Waals surface area contributed by atoms with Gasteiger partial charge in [0, 0.05) is 76.8 Å². The minimum absolute atomic E-state index is 0.0358. The van der Waals surface area contributed by atoms with Crippen LogP contribution in [0.4, 0.5) is 0 Å². The van der Waals surface area contributed by atoms with E-state index in [0.29, 0.717) is 63.7 Å². The Hall–Kier alpha value is -7.42. The lowest BCUT2D eigenvalue weighted by molar-refractivity contribution is -0.161. The third kappa shape index (κ3) is 18.2. The lowest BCUT2D eigenvalue weighted by Crippen LogP contribution is -2.55. The number of aromatic nitrogens is 2. The molecular formula is C74H96Cl2N6O18S2. The van der Waals surface area contributed by atoms with Crippen LogP contribution in [0.15, 0.2) is 74.1 Å². The van der Waals surface area contributed by atoms with Crippen molar-refractivity contribution in [3.63, 3.8) is 0 Å². The van der Waals surface area contributed by atoms with Crippen LogP contribution in [0.3, 0.4) is 0 Å². The Labute approximate surface area is 628 Å². The average molecular weight is 1510 g/mol. The first-order valence-electron chi connectivity index (χ1n) is 40.6. The maximum Gasteiger partial charge on any atom is 0.307 e. The molecule has 4 amide bonds. The van der Waals surface area contributed by atoms with E-state index in [-0.39, 0.29) is 36.0 Å². The summed E-state index contributed by atoms with van der Waals surface area (Å²) in [6.45, 7) is -2.31. The highest BCUT2D eigenvalue weighted by Crippen LogP contribution is 2.49. The number of esters is 2. The van der Waals surface area contributed by atoms with Crippen LogP contribution in [0.2, 0.25) is 10.0 Å². The molecule has 2 aromatic heterocycles. The number of rotatable bonds is 26. The molecule has 102 heavy (non-hydrogen) atoms. The van der Waals surface area contributed by atoms with Crippen molar-refractivity contribution < 1.29 is 104 Å². The molecule has 4 aliphatic carbocycles. The second kappa shape index (κ2) is 29.6. The minimum atomic E-state index is -3.96. The molecule has 2 saturated heterocycles. The van der Waals surface area contributed by atoms with Crippen LogP contribution in [0.1, 0.15) is 167 Å². The predicted octanol–water partition coefficient (Wildman–Crippen LogP) is 9.69. The summed E-state index contributed by atoms with van der Waals surface area (Å²) in [6, 6.07) is 6.38. The zero-order valence-electron chi connectivity index (χ0n) is 73.1. The number of nitrogens with one attached hydrogen (secondary N) is 2. The highest BCUT2D eigenvalue weighted by atomic mass is 35.5. The number of ketones is 2. The van der Waals surface area contributed by atoms with Crippen LogP contribution >= 0.6 is 23.2 Å². The Bertz CT molecular complexity index is 4790. The van der Waals surface area contributed by atoms with Crippen molar-refractivity contribution in [2.24, 2.45) is 34.5 Å². The summed E-state index contributed by atoms with van der Waals surface area (Å²) in [7, 11) is -4.78. The van der Waals surface area contributed by atoms with Crippen molar-refractivity contribution in [1.29, 1.82) is 0 Å². The molecule has 0 radical (unpaired) electrons. The van der Waals surface area contributed by atoms with Gasteiger partial charge in [0.15, 0.2) is 31.2 Å². The third-order valence-corrected chi connectivity index (χ3v) is 23.4. The van der Waals surface area contributed by atoms with E-state index in [1.54, 1.807) is 51.1 Å². The summed E-state index contributed by atoms with van der Waals surface area (Å²) in [6.07, 6.45) is 1.93. The van der Waals surface area contributed by atoms with E-state index in [1.807, 2.05) is 0 Å². The fraction of sp³-hybridized carbons (Fsp3) is 0.595. The Balaban J connectivity index is 0.000000267. The second-order valence-corrected chi connectivity index (χ2v) is 34.6. The molecule has 10 atom stereocenters. The number of halogens is 2. The number of carbonyl (C=O) groups excluding carboxylic acids is 8. The number of sulfone groups is 2. The zero-order valence-corrected chi connectivity index (χ0v) is 61.2. The smallest absolute Gasteiger partial charge is 0.307 e. The fourth-order valence-corrected chi connectivity index (χ4v) is 16.7. The van der Waals surface area contributed by atoms with E-state index in [4.69, 9.17) is 72.2 Å². The molecule has 0 spiro atoms. The van der Waals surface area contributed by atoms with E-state index in [1.165, 1.54) is 65.6 Å². The quantitative estimate of drug-likeness (QED) is 0.0436. The molecule has 2 aromatic carbocycles. The molecule has 24 nitrogen and oxygen atoms in total. The number of Topliss-reactive ketones (excluding diaryl/α,β-unsaturated/α-hetero) is 2. The maximum absolute atomic E-state index is 15.1. The second-order valence-electron chi connectivity index (χ2n) is 29.2. The normalized spacial score (nSPS) is 26.9. The molecule has 556 valence electrons. The molecule has 4 heterocycles. The highest BCUT2D eigenvalue weighted by molar-refractivity contribution is 7.93. The van der Waals surface area contributed by atoms with Gasteiger partial charge < -0.3 is 48.9 Å². The number of hydrogen-bond donors (Lipinski definition) is 2. The monoisotopic (exact) mass is 1510 g/mol. The lowest BCUT2D eigenvalue weighted by atomic mass is 9.77. The Morgan fingerprint density at radius 2 is 0.961 bits per heavy atom. The van der Waals surface area contributed by atoms with Crippen LogP contribution in [-0.4, -0.2) is 180 Å². The van der Waals surface area contributed by atoms with Crippen LogP contribution in [0.5, 0.6) is 23.3 Å². The molecule has 2 aliphatic heterocycles. The molecule has 0 bridgehead atoms. The molecule has 4 aromatic rings. The number of likely N-dealkylation sites (tertiary alicyclic amines) is 2. The van der Waals surface area contributed by atoms with Gasteiger partial charge in [-0.25, -0.2) is 26.8 Å². The largest absolute Gasteiger partial charge is 0.494 e. The Morgan fingerprint density at radius 1 is 0.598 bits per heavy atom. The van der Waals surface area contributed by atoms with Gasteiger partial charge in [0.2, 0.25) is 35.4 Å². The van der Waals surface area contributed by atoms with Crippen molar-refractivity contribution in [1.82, 2.24) is 30.4 Å². The summed E-state index contributed by atoms with van der Waals surface area (Å²) >= 11 is 12.6. The number of carbonyl (C=O) groups is 8. The highest BCUT2D eigenvalue weighted by Gasteiger charge is 2.63. The molecule has 6 fully saturated rings. The van der Waals surface area contributed by atoms with Gasteiger partial charge >= 0.3 is 11.9 Å². The van der Waals surface area contributed by atoms with Gasteiger partial charge in [-0.15, -0.1) is 13.2 Å². The molecular weight excluding hydrogens is 1400 g/mol. The zero-order chi connectivity index (χ0) is 87.9. The summed E-state index contributed by atoms with van der Waals surface area (Å²) < 4.78 is 211. The molecule has 2 N–H and O–H groups in total. The predicted molar refractivity (Wildman–Crippen MR) is 384 cm³/mol. The van der Waals surface area contributed by atoms with Gasteiger partial charge in [-0.3, -0.25) is 38.4 Å². The molecule has 0 unspecified atom stereocenters. The number of nitrogens with zero attached hydrogens (tertiary/aromatic N) is 4. The van der Waals surface area contributed by atoms with E-state index < -0.39 is 236 Å². The Morgan fingerprint density at radius 3 is 1.27 bits per heavy atom. The summed E-state index contributed by atoms with van der Waals surface area (Å²) in [4.78, 5) is 124. The molecule has 6 aliphatic rings. The number of amides is 4. The van der Waals surface area contributed by atoms with E-state index in [9.17, 15) is 50.4 Å². The van der Waals surface area contributed by atoms with Gasteiger partial charge in [-0.05, 0) is 127 Å². The van der Waals surface area contributed by atoms with Crippen molar-refractivity contribution >= 4 is 112 Å². The first kappa shape index (κ1) is 59.9. The summed E-state index contributed by atoms with van der Waals surface area (Å²) in [5, 5.41) is 6.42. The number of benzene rings is 2. The number of methoxy groups -OCH3 is 2. The standard InChI is InChI=1S/2C37H48ClN3O9S/c2*1-9-21-17-37(21,30(42)20-51(46,47)24-11-12-24)40-32(44)28-15-23(49-33-26-14-22(38)10-13-25(26)29(48-8)18-39-33)19-41(28)34(45)27(35(2,3)4)16-31(43)50-36(5,6)7/h2*9-10,13-14,18,21,23-24,27-28H,1,11-12,15-17,19-20H2,2-8H3,(H,40,44)/t2*21-,23-,27-,28+,37-/m11/s1/i2D3,3D3,4D3;2D3,3D3. The van der Waals surface area contributed by atoms with Crippen LogP contribution < -0.4 is 29.6 Å². The number of hydrogen-bond acceptors (Lipinski definition) is 20. The van der Waals surface area contributed by atoms with Crippen molar-refractivity contribution in [2.45, 2.75) is 204 Å². The topological polar surface area (TPSA) is 317 Å². The summed E-state index contributed by atoms with van der Waals surface area (Å²) in [5.41, 5.74) is -12.5. The van der Waals surface area contributed by atoms with Crippen LogP contribution in [0.25, 0.3) is 21.5 Å². The van der Waals surface area contributed by atoms with E-state index >= 15 is 4.79 Å². The van der Waals surface area contributed by atoms with Crippen LogP contribution in [0, 0.1) is 34.5 Å². The van der Waals surface area contributed by atoms with Gasteiger partial charge in [0.1, 0.15) is 69.6 Å². The molecule has 10 rings (SSSR count). The fourth-order valence-electron chi connectivity index (χ4n) is 12.9. The first-order valence-corrected chi connectivity index (χ1v) is 37.3. The van der Waals surface area contributed by atoms with Gasteiger partial charge in [-0.1, -0.05) is 76.5 Å². The third-order valence-electron chi connectivity index (χ3n) is 18.7. The molecule has 4 saturated carbocycles. The van der Waals surface area contributed by atoms with Gasteiger partial charge in [0.25, 0.3) is 0 Å². The summed E-state index contributed by atoms with van der Waals surface area (Å²) in [5.74, 6) is -15.6. The van der Waals surface area contributed by atoms with Gasteiger partial charge in [-0.2, -0.15) is 0 Å². The number of fused-ring (bicyclic) bond motifs is 2. The van der Waals surface area contributed by atoms with Crippen molar-refractivity contribution in [3.8, 4) is 23.3 Å².